The zero-order chi connectivity index (χ0) is 26.6. The highest BCUT2D eigenvalue weighted by Gasteiger charge is 2.32. The van der Waals surface area contributed by atoms with Gasteiger partial charge in [-0.25, -0.2) is 4.79 Å². The molecule has 3 aromatic rings. The second kappa shape index (κ2) is 11.0. The minimum atomic E-state index is -0.523. The summed E-state index contributed by atoms with van der Waals surface area (Å²) in [4.78, 5) is 37.4. The van der Waals surface area contributed by atoms with E-state index in [-0.39, 0.29) is 30.9 Å². The number of carbonyl (C=O) groups excluding carboxylic acids is 3. The minimum Gasteiger partial charge on any atom is -0.444 e. The fraction of sp³-hybridized carbons (Fsp3) is 0.429. The molecule has 2 aromatic carbocycles. The lowest BCUT2D eigenvalue weighted by Crippen LogP contribution is -2.39. The molecule has 9 nitrogen and oxygen atoms in total. The van der Waals surface area contributed by atoms with Gasteiger partial charge in [-0.1, -0.05) is 29.1 Å². The Hall–Kier alpha value is -3.90. The number of imide groups is 1. The number of nitrogens with one attached hydrogen (secondary N) is 1. The van der Waals surface area contributed by atoms with E-state index in [1.54, 1.807) is 7.05 Å². The van der Waals surface area contributed by atoms with Crippen LogP contribution < -0.4 is 5.32 Å². The summed E-state index contributed by atoms with van der Waals surface area (Å²) in [6, 6.07) is 9.58. The van der Waals surface area contributed by atoms with Crippen LogP contribution in [-0.4, -0.2) is 60.4 Å². The van der Waals surface area contributed by atoms with E-state index in [1.165, 1.54) is 4.90 Å². The molecule has 0 aliphatic carbocycles. The first kappa shape index (κ1) is 26.2. The highest BCUT2D eigenvalue weighted by Crippen LogP contribution is 2.35. The number of piperidine rings is 1. The van der Waals surface area contributed by atoms with Crippen molar-refractivity contribution >= 4 is 39.6 Å². The lowest BCUT2D eigenvalue weighted by Gasteiger charge is -2.24. The first-order valence-electron chi connectivity index (χ1n) is 12.3. The van der Waals surface area contributed by atoms with Crippen LogP contribution in [0, 0.1) is 11.8 Å². The van der Waals surface area contributed by atoms with E-state index in [9.17, 15) is 14.4 Å². The number of nitrogens with zero attached hydrogens (tertiary/aromatic N) is 2. The Labute approximate surface area is 215 Å². The standard InChI is InChI=1S/C28H31N3O6/c1-28(2,3)36-27(34)31(4)14-6-16-35-15-5-7-18-8-10-20-19(17-18)9-12-22-24(20)25(30-37-22)21-11-13-23(32)29-26(21)33/h8-10,12,17,21H,6,11,13-16H2,1-4H3,(H,29,32,33). The van der Waals surface area contributed by atoms with Crippen molar-refractivity contribution in [3.05, 3.63) is 41.6 Å². The molecule has 37 heavy (non-hydrogen) atoms. The molecule has 9 heteroatoms. The summed E-state index contributed by atoms with van der Waals surface area (Å²) in [5, 5.41) is 9.20. The average molecular weight is 506 g/mol. The second-order valence-electron chi connectivity index (χ2n) is 10.1. The van der Waals surface area contributed by atoms with Crippen molar-refractivity contribution in [3.63, 3.8) is 0 Å². The molecule has 0 radical (unpaired) electrons. The van der Waals surface area contributed by atoms with E-state index < -0.39 is 11.5 Å². The summed E-state index contributed by atoms with van der Waals surface area (Å²) in [7, 11) is 1.70. The summed E-state index contributed by atoms with van der Waals surface area (Å²) in [5.74, 6) is 5.00. The van der Waals surface area contributed by atoms with Crippen molar-refractivity contribution in [3.8, 4) is 11.8 Å². The molecule has 1 saturated heterocycles. The largest absolute Gasteiger partial charge is 0.444 e. The van der Waals surface area contributed by atoms with Gasteiger partial charge in [-0.05, 0) is 62.6 Å². The molecule has 1 aliphatic heterocycles. The lowest BCUT2D eigenvalue weighted by molar-refractivity contribution is -0.134. The SMILES string of the molecule is CN(CCCOCC#Cc1ccc2c(ccc3onc(C4CCC(=O)NC4=O)c32)c1)C(=O)OC(C)(C)C. The molecule has 2 heterocycles. The number of ether oxygens (including phenoxy) is 2. The van der Waals surface area contributed by atoms with Crippen LogP contribution in [0.2, 0.25) is 0 Å². The van der Waals surface area contributed by atoms with Gasteiger partial charge in [0.25, 0.3) is 0 Å². The molecule has 1 aliphatic rings. The van der Waals surface area contributed by atoms with Gasteiger partial charge in [0, 0.05) is 32.2 Å². The van der Waals surface area contributed by atoms with Crippen molar-refractivity contribution in [2.75, 3.05) is 26.8 Å². The number of benzene rings is 2. The fourth-order valence-corrected chi connectivity index (χ4v) is 4.16. The summed E-state index contributed by atoms with van der Waals surface area (Å²) >= 11 is 0. The zero-order valence-electron chi connectivity index (χ0n) is 21.6. The Bertz CT molecular complexity index is 1390. The third-order valence-electron chi connectivity index (χ3n) is 5.94. The molecule has 1 aromatic heterocycles. The first-order valence-corrected chi connectivity index (χ1v) is 12.3. The van der Waals surface area contributed by atoms with Gasteiger partial charge in [0.05, 0.1) is 11.3 Å². The van der Waals surface area contributed by atoms with Crippen molar-refractivity contribution in [2.45, 2.75) is 51.6 Å². The van der Waals surface area contributed by atoms with E-state index in [0.29, 0.717) is 37.3 Å². The van der Waals surface area contributed by atoms with Gasteiger partial charge in [0.2, 0.25) is 11.8 Å². The number of fused-ring (bicyclic) bond motifs is 3. The van der Waals surface area contributed by atoms with Crippen LogP contribution in [0.25, 0.3) is 21.7 Å². The topological polar surface area (TPSA) is 111 Å². The lowest BCUT2D eigenvalue weighted by atomic mass is 9.91. The van der Waals surface area contributed by atoms with Crippen LogP contribution in [0.5, 0.6) is 0 Å². The highest BCUT2D eigenvalue weighted by molar-refractivity contribution is 6.10. The first-order chi connectivity index (χ1) is 17.6. The maximum atomic E-state index is 12.4. The molecule has 1 unspecified atom stereocenters. The zero-order valence-corrected chi connectivity index (χ0v) is 21.6. The van der Waals surface area contributed by atoms with Crippen LogP contribution in [0.1, 0.15) is 57.2 Å². The van der Waals surface area contributed by atoms with Crippen LogP contribution >= 0.6 is 0 Å². The molecule has 1 fully saturated rings. The maximum Gasteiger partial charge on any atom is 0.410 e. The number of carbonyl (C=O) groups is 3. The fourth-order valence-electron chi connectivity index (χ4n) is 4.16. The summed E-state index contributed by atoms with van der Waals surface area (Å²) in [5.41, 5.74) is 1.46. The van der Waals surface area contributed by atoms with Crippen LogP contribution in [0.15, 0.2) is 34.9 Å². The third-order valence-corrected chi connectivity index (χ3v) is 5.94. The monoisotopic (exact) mass is 505 g/mol. The molecule has 4 rings (SSSR count). The number of rotatable bonds is 6. The number of amides is 3. The Kier molecular flexibility index (Phi) is 7.79. The van der Waals surface area contributed by atoms with Crippen molar-refractivity contribution in [1.82, 2.24) is 15.4 Å². The second-order valence-corrected chi connectivity index (χ2v) is 10.1. The van der Waals surface area contributed by atoms with Gasteiger partial charge in [-0.2, -0.15) is 0 Å². The summed E-state index contributed by atoms with van der Waals surface area (Å²) in [6.07, 6.45) is 1.01. The van der Waals surface area contributed by atoms with E-state index in [2.05, 4.69) is 22.3 Å². The molecule has 1 N–H and O–H groups in total. The maximum absolute atomic E-state index is 12.4. The molecule has 0 saturated carbocycles. The van der Waals surface area contributed by atoms with Gasteiger partial charge in [0.15, 0.2) is 5.58 Å². The van der Waals surface area contributed by atoms with Gasteiger partial charge in [-0.3, -0.25) is 14.9 Å². The Morgan fingerprint density at radius 2 is 2.05 bits per heavy atom. The third kappa shape index (κ3) is 6.46. The normalized spacial score (nSPS) is 15.8. The van der Waals surface area contributed by atoms with Crippen LogP contribution in [0.3, 0.4) is 0 Å². The summed E-state index contributed by atoms with van der Waals surface area (Å²) in [6.45, 7) is 6.80. The van der Waals surface area contributed by atoms with Gasteiger partial charge < -0.3 is 18.9 Å². The van der Waals surface area contributed by atoms with Crippen LogP contribution in [-0.2, 0) is 19.1 Å². The summed E-state index contributed by atoms with van der Waals surface area (Å²) < 4.78 is 16.4. The van der Waals surface area contributed by atoms with Crippen molar-refractivity contribution < 1.29 is 28.4 Å². The van der Waals surface area contributed by atoms with Gasteiger partial charge in [0.1, 0.15) is 17.9 Å². The van der Waals surface area contributed by atoms with E-state index in [4.69, 9.17) is 14.0 Å². The number of aromatic nitrogens is 1. The average Bonchev–Trinajstić information content (AvgIpc) is 3.26. The van der Waals surface area contributed by atoms with Crippen molar-refractivity contribution in [1.29, 1.82) is 0 Å². The molecular formula is C28H31N3O6. The van der Waals surface area contributed by atoms with Crippen molar-refractivity contribution in [2.24, 2.45) is 0 Å². The molecule has 194 valence electrons. The highest BCUT2D eigenvalue weighted by atomic mass is 16.6. The molecule has 1 atom stereocenters. The predicted molar refractivity (Wildman–Crippen MR) is 138 cm³/mol. The Morgan fingerprint density at radius 1 is 1.24 bits per heavy atom. The van der Waals surface area contributed by atoms with E-state index in [0.717, 1.165) is 21.7 Å². The number of hydrogen-bond donors (Lipinski definition) is 1. The molecule has 0 spiro atoms. The van der Waals surface area contributed by atoms with Gasteiger partial charge in [-0.15, -0.1) is 0 Å². The minimum absolute atomic E-state index is 0.265. The molecule has 0 bridgehead atoms. The smallest absolute Gasteiger partial charge is 0.410 e. The van der Waals surface area contributed by atoms with Gasteiger partial charge >= 0.3 is 6.09 Å². The van der Waals surface area contributed by atoms with E-state index >= 15 is 0 Å². The number of hydrogen-bond acceptors (Lipinski definition) is 7. The Morgan fingerprint density at radius 3 is 2.81 bits per heavy atom. The molecule has 3 amide bonds. The van der Waals surface area contributed by atoms with E-state index in [1.807, 2.05) is 51.1 Å². The quantitative estimate of drug-likeness (QED) is 0.305. The predicted octanol–water partition coefficient (Wildman–Crippen LogP) is 4.13. The van der Waals surface area contributed by atoms with Crippen LogP contribution in [0.4, 0.5) is 4.79 Å². The molecular weight excluding hydrogens is 474 g/mol. The Balaban J connectivity index is 1.35.